The smallest absolute Gasteiger partial charge is 0.0703 e. The van der Waals surface area contributed by atoms with Crippen LogP contribution in [0.2, 0.25) is 0 Å². The van der Waals surface area contributed by atoms with Crippen molar-refractivity contribution in [3.8, 4) is 0 Å². The number of hydrogen-bond acceptors (Lipinski definition) is 3. The molecular weight excluding hydrogens is 224 g/mol. The molecule has 3 nitrogen and oxygen atoms in total. The van der Waals surface area contributed by atoms with E-state index in [1.807, 2.05) is 0 Å². The van der Waals surface area contributed by atoms with Gasteiger partial charge in [-0.05, 0) is 52.1 Å². The van der Waals surface area contributed by atoms with Crippen molar-refractivity contribution in [3.63, 3.8) is 0 Å². The summed E-state index contributed by atoms with van der Waals surface area (Å²) in [4.78, 5) is 2.60. The first-order chi connectivity index (χ1) is 8.44. The summed E-state index contributed by atoms with van der Waals surface area (Å²) in [6.45, 7) is 7.97. The van der Waals surface area contributed by atoms with Gasteiger partial charge in [0.15, 0.2) is 0 Å². The van der Waals surface area contributed by atoms with Crippen molar-refractivity contribution in [3.05, 3.63) is 0 Å². The Morgan fingerprint density at radius 3 is 2.50 bits per heavy atom. The Morgan fingerprint density at radius 2 is 1.94 bits per heavy atom. The van der Waals surface area contributed by atoms with E-state index in [0.29, 0.717) is 29.6 Å². The van der Waals surface area contributed by atoms with E-state index in [4.69, 9.17) is 4.74 Å². The number of hydrogen-bond donors (Lipinski definition) is 1. The highest BCUT2D eigenvalue weighted by Crippen LogP contribution is 2.38. The fourth-order valence-corrected chi connectivity index (χ4v) is 3.81. The summed E-state index contributed by atoms with van der Waals surface area (Å²) in [7, 11) is 4.41. The molecule has 18 heavy (non-hydrogen) atoms. The number of rotatable bonds is 3. The van der Waals surface area contributed by atoms with Crippen molar-refractivity contribution in [2.75, 3.05) is 20.7 Å². The molecule has 0 aromatic rings. The van der Waals surface area contributed by atoms with Gasteiger partial charge in [-0.15, -0.1) is 0 Å². The summed E-state index contributed by atoms with van der Waals surface area (Å²) < 4.78 is 5.74. The predicted octanol–water partition coefficient (Wildman–Crippen LogP) is 2.26. The molecule has 0 spiro atoms. The molecule has 0 bridgehead atoms. The van der Waals surface area contributed by atoms with E-state index in [9.17, 15) is 0 Å². The molecule has 1 saturated carbocycles. The van der Waals surface area contributed by atoms with Crippen LogP contribution in [0.25, 0.3) is 0 Å². The Hall–Kier alpha value is -0.120. The van der Waals surface area contributed by atoms with Crippen molar-refractivity contribution < 1.29 is 4.74 Å². The summed E-state index contributed by atoms with van der Waals surface area (Å²) in [6, 6.07) is 1.88. The standard InChI is InChI=1S/C15H30N2O/c1-11-13(7-9-18-11)17(5)14-10-15(2,3)8-6-12(14)16-4/h11-14,16H,6-10H2,1-5H3. The van der Waals surface area contributed by atoms with Gasteiger partial charge < -0.3 is 10.1 Å². The summed E-state index contributed by atoms with van der Waals surface area (Å²) in [5, 5.41) is 3.53. The average molecular weight is 254 g/mol. The van der Waals surface area contributed by atoms with E-state index in [1.165, 1.54) is 25.7 Å². The van der Waals surface area contributed by atoms with Gasteiger partial charge in [0, 0.05) is 24.7 Å². The molecule has 1 aliphatic carbocycles. The first-order valence-corrected chi connectivity index (χ1v) is 7.45. The molecule has 4 atom stereocenters. The Kier molecular flexibility index (Phi) is 4.35. The van der Waals surface area contributed by atoms with Crippen LogP contribution in [-0.4, -0.2) is 49.8 Å². The highest BCUT2D eigenvalue weighted by Gasteiger charge is 2.40. The Balaban J connectivity index is 2.07. The van der Waals surface area contributed by atoms with E-state index >= 15 is 0 Å². The lowest BCUT2D eigenvalue weighted by Gasteiger charge is -2.47. The molecule has 0 amide bonds. The van der Waals surface area contributed by atoms with E-state index in [1.54, 1.807) is 0 Å². The van der Waals surface area contributed by atoms with Crippen LogP contribution in [0.3, 0.4) is 0 Å². The number of nitrogens with one attached hydrogen (secondary N) is 1. The largest absolute Gasteiger partial charge is 0.377 e. The topological polar surface area (TPSA) is 24.5 Å². The van der Waals surface area contributed by atoms with Gasteiger partial charge in [-0.25, -0.2) is 0 Å². The van der Waals surface area contributed by atoms with Gasteiger partial charge in [0.05, 0.1) is 6.10 Å². The minimum Gasteiger partial charge on any atom is -0.377 e. The zero-order valence-electron chi connectivity index (χ0n) is 12.7. The summed E-state index contributed by atoms with van der Waals surface area (Å²) >= 11 is 0. The van der Waals surface area contributed by atoms with Gasteiger partial charge in [0.1, 0.15) is 0 Å². The van der Waals surface area contributed by atoms with Crippen LogP contribution in [0.5, 0.6) is 0 Å². The second-order valence-electron chi connectivity index (χ2n) is 6.97. The second kappa shape index (κ2) is 5.48. The Bertz CT molecular complexity index is 280. The molecule has 0 radical (unpaired) electrons. The molecule has 1 heterocycles. The molecule has 0 aromatic carbocycles. The maximum atomic E-state index is 5.74. The lowest BCUT2D eigenvalue weighted by molar-refractivity contribution is 0.0251. The molecular formula is C15H30N2O. The van der Waals surface area contributed by atoms with Gasteiger partial charge in [-0.3, -0.25) is 4.90 Å². The van der Waals surface area contributed by atoms with Crippen LogP contribution in [0, 0.1) is 5.41 Å². The van der Waals surface area contributed by atoms with E-state index < -0.39 is 0 Å². The van der Waals surface area contributed by atoms with Gasteiger partial charge in [-0.2, -0.15) is 0 Å². The number of nitrogens with zero attached hydrogens (tertiary/aromatic N) is 1. The van der Waals surface area contributed by atoms with Crippen molar-refractivity contribution in [1.82, 2.24) is 10.2 Å². The molecule has 0 aromatic heterocycles. The fraction of sp³-hybridized carbons (Fsp3) is 1.00. The van der Waals surface area contributed by atoms with Crippen molar-refractivity contribution in [1.29, 1.82) is 0 Å². The van der Waals surface area contributed by atoms with Crippen molar-refractivity contribution >= 4 is 0 Å². The Labute approximate surface area is 112 Å². The van der Waals surface area contributed by atoms with Gasteiger partial charge in [0.25, 0.3) is 0 Å². The quantitative estimate of drug-likeness (QED) is 0.836. The lowest BCUT2D eigenvalue weighted by atomic mass is 9.72. The maximum Gasteiger partial charge on any atom is 0.0703 e. The second-order valence-corrected chi connectivity index (χ2v) is 6.97. The molecule has 4 unspecified atom stereocenters. The average Bonchev–Trinajstić information content (AvgIpc) is 2.73. The highest BCUT2D eigenvalue weighted by atomic mass is 16.5. The normalized spacial score (nSPS) is 40.3. The van der Waals surface area contributed by atoms with E-state index in [-0.39, 0.29) is 0 Å². The molecule has 1 saturated heterocycles. The summed E-state index contributed by atoms with van der Waals surface area (Å²) in [6.07, 6.45) is 5.49. The molecule has 2 aliphatic rings. The number of ether oxygens (including phenoxy) is 1. The molecule has 1 N–H and O–H groups in total. The monoisotopic (exact) mass is 254 g/mol. The maximum absolute atomic E-state index is 5.74. The highest BCUT2D eigenvalue weighted by molar-refractivity contribution is 4.96. The van der Waals surface area contributed by atoms with Gasteiger partial charge in [-0.1, -0.05) is 13.8 Å². The van der Waals surface area contributed by atoms with Crippen molar-refractivity contribution in [2.45, 2.75) is 70.7 Å². The first-order valence-electron chi connectivity index (χ1n) is 7.45. The third kappa shape index (κ3) is 2.89. The first kappa shape index (κ1) is 14.3. The fourth-order valence-electron chi connectivity index (χ4n) is 3.81. The van der Waals surface area contributed by atoms with E-state index in [0.717, 1.165) is 6.61 Å². The van der Waals surface area contributed by atoms with Crippen LogP contribution >= 0.6 is 0 Å². The molecule has 1 aliphatic heterocycles. The molecule has 2 rings (SSSR count). The number of likely N-dealkylation sites (N-methyl/N-ethyl adjacent to an activating group) is 2. The van der Waals surface area contributed by atoms with Crippen LogP contribution < -0.4 is 5.32 Å². The van der Waals surface area contributed by atoms with Crippen molar-refractivity contribution in [2.24, 2.45) is 5.41 Å². The molecule has 106 valence electrons. The van der Waals surface area contributed by atoms with Crippen LogP contribution in [0.4, 0.5) is 0 Å². The summed E-state index contributed by atoms with van der Waals surface area (Å²) in [5.74, 6) is 0. The minimum atomic E-state index is 0.387. The van der Waals surface area contributed by atoms with Gasteiger partial charge in [0.2, 0.25) is 0 Å². The summed E-state index contributed by atoms with van der Waals surface area (Å²) in [5.41, 5.74) is 0.481. The zero-order valence-corrected chi connectivity index (χ0v) is 12.7. The Morgan fingerprint density at radius 1 is 1.22 bits per heavy atom. The molecule has 3 heteroatoms. The third-order valence-electron chi connectivity index (χ3n) is 5.11. The van der Waals surface area contributed by atoms with Crippen LogP contribution in [-0.2, 0) is 4.74 Å². The molecule has 2 fully saturated rings. The zero-order chi connectivity index (χ0) is 13.3. The van der Waals surface area contributed by atoms with E-state index in [2.05, 4.69) is 45.1 Å². The lowest BCUT2D eigenvalue weighted by Crippen LogP contribution is -2.56. The SMILES string of the molecule is CNC1CCC(C)(C)CC1N(C)C1CCOC1C. The van der Waals surface area contributed by atoms with Crippen LogP contribution in [0.15, 0.2) is 0 Å². The predicted molar refractivity (Wildman–Crippen MR) is 75.8 cm³/mol. The third-order valence-corrected chi connectivity index (χ3v) is 5.11. The van der Waals surface area contributed by atoms with Gasteiger partial charge >= 0.3 is 0 Å². The van der Waals surface area contributed by atoms with Crippen LogP contribution in [0.1, 0.15) is 46.5 Å². The minimum absolute atomic E-state index is 0.387.